The molecule has 3 fully saturated rings. The Kier molecular flexibility index (Phi) is 7.39. The van der Waals surface area contributed by atoms with Crippen molar-refractivity contribution in [3.05, 3.63) is 39.7 Å². The number of β-amino-alcohol motifs (C(OH)–C–C–N with tert-alkyl or cyclic N) is 1. The standard InChI is InChI=1S/C33H44N6O3S/c1-19(2)26-27-22(5)29(43-31(27)36-28(26)25-16-39-30(34-18-35-39)21(4)20(25)3)23-6-8-38(9-7-23)32(41)24-14-33(15-24)17-37(10-12-40)11-13-42-33/h16,18-19,23-24,36,40H,6-15,17H2,1-5H3/t24-,33-. The molecule has 2 saturated heterocycles. The topological polar surface area (TPSA) is 99.0 Å². The summed E-state index contributed by atoms with van der Waals surface area (Å²) < 4.78 is 8.03. The Bertz CT molecular complexity index is 1670. The van der Waals surface area contributed by atoms with Crippen LogP contribution in [-0.4, -0.2) is 91.9 Å². The highest BCUT2D eigenvalue weighted by molar-refractivity contribution is 7.19. The maximum Gasteiger partial charge on any atom is 0.225 e. The lowest BCUT2D eigenvalue weighted by atomic mass is 9.69. The number of rotatable bonds is 6. The average molecular weight is 605 g/mol. The first-order chi connectivity index (χ1) is 20.7. The molecule has 0 radical (unpaired) electrons. The van der Waals surface area contributed by atoms with Crippen LogP contribution in [0.3, 0.4) is 0 Å². The monoisotopic (exact) mass is 604 g/mol. The van der Waals surface area contributed by atoms with Gasteiger partial charge in [0.2, 0.25) is 5.91 Å². The molecule has 0 atom stereocenters. The number of aliphatic hydroxyl groups is 1. The van der Waals surface area contributed by atoms with E-state index in [0.717, 1.165) is 63.1 Å². The molecule has 7 rings (SSSR count). The number of aliphatic hydroxyl groups excluding tert-OH is 1. The number of ether oxygens (including phenoxy) is 1. The molecule has 2 aliphatic heterocycles. The Morgan fingerprint density at radius 1 is 1.16 bits per heavy atom. The van der Waals surface area contributed by atoms with Crippen molar-refractivity contribution in [2.75, 3.05) is 45.9 Å². The van der Waals surface area contributed by atoms with Gasteiger partial charge < -0.3 is 19.7 Å². The third kappa shape index (κ3) is 4.81. The van der Waals surface area contributed by atoms with E-state index >= 15 is 0 Å². The molecule has 1 saturated carbocycles. The number of likely N-dealkylation sites (tertiary alicyclic amines) is 1. The molecule has 1 spiro atoms. The molecule has 3 aliphatic rings. The summed E-state index contributed by atoms with van der Waals surface area (Å²) in [4.78, 5) is 28.8. The molecule has 230 valence electrons. The van der Waals surface area contributed by atoms with Crippen LogP contribution in [-0.2, 0) is 9.53 Å². The van der Waals surface area contributed by atoms with Crippen molar-refractivity contribution in [2.24, 2.45) is 5.92 Å². The van der Waals surface area contributed by atoms with E-state index in [1.807, 2.05) is 15.9 Å². The Labute approximate surface area is 257 Å². The lowest BCUT2D eigenvalue weighted by Gasteiger charge is -2.52. The van der Waals surface area contributed by atoms with Gasteiger partial charge in [-0.2, -0.15) is 5.10 Å². The molecule has 1 aliphatic carbocycles. The zero-order chi connectivity index (χ0) is 30.0. The second kappa shape index (κ2) is 11.0. The van der Waals surface area contributed by atoms with Crippen molar-refractivity contribution < 1.29 is 14.6 Å². The summed E-state index contributed by atoms with van der Waals surface area (Å²) in [5.74, 6) is 1.23. The van der Waals surface area contributed by atoms with Crippen LogP contribution in [0.1, 0.15) is 78.5 Å². The maximum absolute atomic E-state index is 13.4. The average Bonchev–Trinajstić information content (AvgIpc) is 3.68. The molecule has 6 heterocycles. The Balaban J connectivity index is 1.07. The van der Waals surface area contributed by atoms with Crippen LogP contribution < -0.4 is 0 Å². The smallest absolute Gasteiger partial charge is 0.225 e. The number of aromatic nitrogens is 4. The largest absolute Gasteiger partial charge is 0.395 e. The molecular formula is C33H44N6O3S. The number of amides is 1. The van der Waals surface area contributed by atoms with Gasteiger partial charge in [-0.1, -0.05) is 13.8 Å². The zero-order valence-corrected chi connectivity index (χ0v) is 26.9. The zero-order valence-electron chi connectivity index (χ0n) is 26.1. The molecule has 1 amide bonds. The fourth-order valence-electron chi connectivity index (χ4n) is 8.02. The van der Waals surface area contributed by atoms with E-state index in [0.29, 0.717) is 30.9 Å². The van der Waals surface area contributed by atoms with Gasteiger partial charge in [0.25, 0.3) is 0 Å². The lowest BCUT2D eigenvalue weighted by Crippen LogP contribution is -2.61. The molecule has 2 N–H and O–H groups in total. The second-order valence-electron chi connectivity index (χ2n) is 13.4. The Hall–Kier alpha value is -2.79. The number of thiophene rings is 1. The lowest BCUT2D eigenvalue weighted by molar-refractivity contribution is -0.186. The molecule has 4 aromatic heterocycles. The predicted molar refractivity (Wildman–Crippen MR) is 170 cm³/mol. The molecule has 0 unspecified atom stereocenters. The summed E-state index contributed by atoms with van der Waals surface area (Å²) in [6.07, 6.45) is 7.39. The minimum absolute atomic E-state index is 0.0723. The predicted octanol–water partition coefficient (Wildman–Crippen LogP) is 5.17. The van der Waals surface area contributed by atoms with Crippen LogP contribution in [0.5, 0.6) is 0 Å². The number of H-pyrrole nitrogens is 1. The number of aryl methyl sites for hydroxylation is 2. The van der Waals surface area contributed by atoms with Gasteiger partial charge in [-0.05, 0) is 80.5 Å². The first kappa shape index (κ1) is 29.0. The molecular weight excluding hydrogens is 560 g/mol. The van der Waals surface area contributed by atoms with Gasteiger partial charge in [-0.15, -0.1) is 11.3 Å². The summed E-state index contributed by atoms with van der Waals surface area (Å²) in [7, 11) is 0. The summed E-state index contributed by atoms with van der Waals surface area (Å²) in [5.41, 5.74) is 8.28. The molecule has 0 aromatic carbocycles. The van der Waals surface area contributed by atoms with Crippen molar-refractivity contribution in [2.45, 2.75) is 77.7 Å². The first-order valence-electron chi connectivity index (χ1n) is 15.9. The fraction of sp³-hybridized carbons (Fsp3) is 0.606. The van der Waals surface area contributed by atoms with E-state index in [9.17, 15) is 9.90 Å². The number of piperidine rings is 1. The minimum Gasteiger partial charge on any atom is -0.395 e. The number of aromatic amines is 1. The summed E-state index contributed by atoms with van der Waals surface area (Å²) in [6.45, 7) is 16.1. The molecule has 10 heteroatoms. The Morgan fingerprint density at radius 3 is 2.65 bits per heavy atom. The van der Waals surface area contributed by atoms with E-state index in [4.69, 9.17) is 4.74 Å². The summed E-state index contributed by atoms with van der Waals surface area (Å²) in [6, 6.07) is 0. The first-order valence-corrected chi connectivity index (χ1v) is 16.7. The van der Waals surface area contributed by atoms with E-state index < -0.39 is 0 Å². The number of carbonyl (C=O) groups excluding carboxylic acids is 1. The van der Waals surface area contributed by atoms with Crippen molar-refractivity contribution >= 4 is 33.1 Å². The molecule has 0 bridgehead atoms. The number of carbonyl (C=O) groups is 1. The highest BCUT2D eigenvalue weighted by Crippen LogP contribution is 2.48. The van der Waals surface area contributed by atoms with Gasteiger partial charge in [-0.3, -0.25) is 9.69 Å². The van der Waals surface area contributed by atoms with Gasteiger partial charge >= 0.3 is 0 Å². The van der Waals surface area contributed by atoms with Gasteiger partial charge in [0.05, 0.1) is 24.5 Å². The van der Waals surface area contributed by atoms with Gasteiger partial charge in [-0.25, -0.2) is 9.50 Å². The van der Waals surface area contributed by atoms with Crippen LogP contribution in [0.2, 0.25) is 0 Å². The third-order valence-corrected chi connectivity index (χ3v) is 11.8. The van der Waals surface area contributed by atoms with E-state index in [-0.39, 0.29) is 18.1 Å². The number of pyridine rings is 1. The maximum atomic E-state index is 13.4. The number of morpholine rings is 1. The summed E-state index contributed by atoms with van der Waals surface area (Å²) in [5, 5.41) is 15.1. The molecule has 9 nitrogen and oxygen atoms in total. The van der Waals surface area contributed by atoms with Gasteiger partial charge in [0.1, 0.15) is 11.2 Å². The SMILES string of the molecule is Cc1c(-c2[nH]c3sc(C4CCN(C(=O)[C@H]5C[C@@]6(CN(CCO)CCO6)C5)CC4)c(C)c3c2C(C)C)cn2ncnc2c1C. The quantitative estimate of drug-likeness (QED) is 0.315. The Morgan fingerprint density at radius 2 is 1.93 bits per heavy atom. The van der Waals surface area contributed by atoms with Crippen LogP contribution in [0.4, 0.5) is 0 Å². The van der Waals surface area contributed by atoms with E-state index in [1.54, 1.807) is 6.33 Å². The van der Waals surface area contributed by atoms with Crippen LogP contribution in [0, 0.1) is 26.7 Å². The van der Waals surface area contributed by atoms with Crippen LogP contribution >= 0.6 is 11.3 Å². The summed E-state index contributed by atoms with van der Waals surface area (Å²) >= 11 is 1.91. The highest BCUT2D eigenvalue weighted by atomic mass is 32.1. The van der Waals surface area contributed by atoms with Crippen LogP contribution in [0.25, 0.3) is 27.1 Å². The van der Waals surface area contributed by atoms with Crippen molar-refractivity contribution in [3.63, 3.8) is 0 Å². The van der Waals surface area contributed by atoms with Crippen molar-refractivity contribution in [1.82, 2.24) is 29.4 Å². The van der Waals surface area contributed by atoms with Crippen molar-refractivity contribution in [1.29, 1.82) is 0 Å². The minimum atomic E-state index is -0.188. The van der Waals surface area contributed by atoms with Gasteiger partial charge in [0.15, 0.2) is 5.65 Å². The van der Waals surface area contributed by atoms with Crippen molar-refractivity contribution in [3.8, 4) is 11.3 Å². The number of nitrogens with one attached hydrogen (secondary N) is 1. The highest BCUT2D eigenvalue weighted by Gasteiger charge is 2.51. The molecule has 4 aromatic rings. The third-order valence-electron chi connectivity index (χ3n) is 10.4. The van der Waals surface area contributed by atoms with E-state index in [2.05, 4.69) is 65.7 Å². The second-order valence-corrected chi connectivity index (χ2v) is 14.5. The van der Waals surface area contributed by atoms with Gasteiger partial charge in [0, 0.05) is 60.7 Å². The number of fused-ring (bicyclic) bond motifs is 2. The van der Waals surface area contributed by atoms with Crippen LogP contribution in [0.15, 0.2) is 12.5 Å². The molecule has 43 heavy (non-hydrogen) atoms. The number of nitrogens with zero attached hydrogens (tertiary/aromatic N) is 5. The normalized spacial score (nSPS) is 23.7. The number of hydrogen-bond donors (Lipinski definition) is 2. The number of hydrogen-bond acceptors (Lipinski definition) is 7. The fourth-order valence-corrected chi connectivity index (χ4v) is 9.41. The van der Waals surface area contributed by atoms with E-state index in [1.165, 1.54) is 43.0 Å².